The molecule has 1 aliphatic rings. The summed E-state index contributed by atoms with van der Waals surface area (Å²) in [5.74, 6) is 0.883. The first-order chi connectivity index (χ1) is 13.0. The molecule has 1 amide bonds. The molecule has 1 aliphatic heterocycles. The maximum atomic E-state index is 12.8. The van der Waals surface area contributed by atoms with E-state index in [0.29, 0.717) is 6.54 Å². The van der Waals surface area contributed by atoms with Gasteiger partial charge in [0.2, 0.25) is 5.91 Å². The Balaban J connectivity index is 1.76. The topological polar surface area (TPSA) is 53.6 Å². The predicted octanol–water partition coefficient (Wildman–Crippen LogP) is 3.21. The second-order valence-electron chi connectivity index (χ2n) is 7.25. The number of nitrogens with one attached hydrogen (secondary N) is 2. The standard InChI is InChI=1S/C22H29N3O2/c1-15-11-16(2)22(17(3)12-15)24-21(26)14-25-10-9-23-13-19(25)18-7-5-6-8-20(18)27-4/h5-8,11-12,19,23H,9-10,13-14H2,1-4H3,(H,24,26). The van der Waals surface area contributed by atoms with Crippen LogP contribution in [0.25, 0.3) is 0 Å². The molecule has 144 valence electrons. The first-order valence-electron chi connectivity index (χ1n) is 9.45. The van der Waals surface area contributed by atoms with E-state index in [0.717, 1.165) is 47.8 Å². The molecule has 0 radical (unpaired) electrons. The third kappa shape index (κ3) is 4.49. The number of nitrogens with zero attached hydrogens (tertiary/aromatic N) is 1. The van der Waals surface area contributed by atoms with Gasteiger partial charge in [0.25, 0.3) is 0 Å². The van der Waals surface area contributed by atoms with E-state index in [-0.39, 0.29) is 11.9 Å². The third-order valence-corrected chi connectivity index (χ3v) is 5.14. The summed E-state index contributed by atoms with van der Waals surface area (Å²) in [6.07, 6.45) is 0. The van der Waals surface area contributed by atoms with E-state index in [4.69, 9.17) is 4.74 Å². The van der Waals surface area contributed by atoms with Gasteiger partial charge in [-0.3, -0.25) is 9.69 Å². The first kappa shape index (κ1) is 19.4. The van der Waals surface area contributed by atoms with Crippen LogP contribution in [0, 0.1) is 20.8 Å². The molecular weight excluding hydrogens is 338 g/mol. The number of methoxy groups -OCH3 is 1. The number of anilines is 1. The van der Waals surface area contributed by atoms with Crippen LogP contribution in [0.4, 0.5) is 5.69 Å². The zero-order chi connectivity index (χ0) is 19.4. The maximum Gasteiger partial charge on any atom is 0.238 e. The van der Waals surface area contributed by atoms with Crippen LogP contribution in [0.5, 0.6) is 5.75 Å². The molecule has 1 unspecified atom stereocenters. The monoisotopic (exact) mass is 367 g/mol. The van der Waals surface area contributed by atoms with E-state index in [1.807, 2.05) is 32.0 Å². The lowest BCUT2D eigenvalue weighted by molar-refractivity contribution is -0.118. The third-order valence-electron chi connectivity index (χ3n) is 5.14. The fourth-order valence-corrected chi connectivity index (χ4v) is 3.92. The van der Waals surface area contributed by atoms with E-state index in [1.54, 1.807) is 7.11 Å². The molecule has 0 aromatic heterocycles. The second kappa shape index (κ2) is 8.55. The molecular formula is C22H29N3O2. The zero-order valence-electron chi connectivity index (χ0n) is 16.6. The molecule has 1 fully saturated rings. The Morgan fingerprint density at radius 1 is 1.22 bits per heavy atom. The van der Waals surface area contributed by atoms with E-state index < -0.39 is 0 Å². The molecule has 2 N–H and O–H groups in total. The van der Waals surface area contributed by atoms with E-state index in [9.17, 15) is 4.79 Å². The molecule has 5 nitrogen and oxygen atoms in total. The van der Waals surface area contributed by atoms with Crippen LogP contribution in [-0.4, -0.2) is 44.1 Å². The summed E-state index contributed by atoms with van der Waals surface area (Å²) in [7, 11) is 1.69. The van der Waals surface area contributed by atoms with Crippen molar-refractivity contribution in [2.24, 2.45) is 0 Å². The van der Waals surface area contributed by atoms with Gasteiger partial charge >= 0.3 is 0 Å². The number of piperazine rings is 1. The largest absolute Gasteiger partial charge is 0.496 e. The van der Waals surface area contributed by atoms with Gasteiger partial charge in [-0.05, 0) is 38.0 Å². The van der Waals surface area contributed by atoms with Crippen LogP contribution in [0.2, 0.25) is 0 Å². The summed E-state index contributed by atoms with van der Waals surface area (Å²) in [5, 5.41) is 6.55. The highest BCUT2D eigenvalue weighted by molar-refractivity contribution is 5.93. The van der Waals surface area contributed by atoms with Crippen LogP contribution < -0.4 is 15.4 Å². The molecule has 3 rings (SSSR count). The van der Waals surface area contributed by atoms with Crippen LogP contribution in [0.15, 0.2) is 36.4 Å². The number of carbonyl (C=O) groups is 1. The van der Waals surface area contributed by atoms with Crippen molar-refractivity contribution in [3.63, 3.8) is 0 Å². The Morgan fingerprint density at radius 3 is 2.63 bits per heavy atom. The normalized spacial score (nSPS) is 17.6. The molecule has 0 spiro atoms. The highest BCUT2D eigenvalue weighted by Crippen LogP contribution is 2.30. The molecule has 1 saturated heterocycles. The average molecular weight is 367 g/mol. The molecule has 0 bridgehead atoms. The SMILES string of the molecule is COc1ccccc1C1CNCCN1CC(=O)Nc1c(C)cc(C)cc1C. The van der Waals surface area contributed by atoms with Crippen LogP contribution in [0.1, 0.15) is 28.3 Å². The number of rotatable bonds is 5. The Labute approximate surface area is 161 Å². The average Bonchev–Trinajstić information content (AvgIpc) is 2.65. The van der Waals surface area contributed by atoms with Crippen LogP contribution in [0.3, 0.4) is 0 Å². The van der Waals surface area contributed by atoms with Gasteiger partial charge in [0.15, 0.2) is 0 Å². The number of para-hydroxylation sites is 1. The van der Waals surface area contributed by atoms with Gasteiger partial charge in [-0.25, -0.2) is 0 Å². The minimum absolute atomic E-state index is 0.0202. The number of ether oxygens (including phenoxy) is 1. The quantitative estimate of drug-likeness (QED) is 0.852. The second-order valence-corrected chi connectivity index (χ2v) is 7.25. The van der Waals surface area contributed by atoms with Gasteiger partial charge < -0.3 is 15.4 Å². The number of hydrogen-bond donors (Lipinski definition) is 2. The maximum absolute atomic E-state index is 12.8. The fourth-order valence-electron chi connectivity index (χ4n) is 3.92. The van der Waals surface area contributed by atoms with Gasteiger partial charge in [0.1, 0.15) is 5.75 Å². The summed E-state index contributed by atoms with van der Waals surface area (Å²) in [6, 6.07) is 12.4. The van der Waals surface area contributed by atoms with Crippen molar-refractivity contribution >= 4 is 11.6 Å². The highest BCUT2D eigenvalue weighted by Gasteiger charge is 2.27. The Morgan fingerprint density at radius 2 is 1.93 bits per heavy atom. The van der Waals surface area contributed by atoms with E-state index >= 15 is 0 Å². The molecule has 2 aromatic carbocycles. The van der Waals surface area contributed by atoms with Crippen molar-refractivity contribution < 1.29 is 9.53 Å². The van der Waals surface area contributed by atoms with Crippen molar-refractivity contribution in [2.45, 2.75) is 26.8 Å². The summed E-state index contributed by atoms with van der Waals surface area (Å²) >= 11 is 0. The van der Waals surface area contributed by atoms with Gasteiger partial charge in [-0.15, -0.1) is 0 Å². The summed E-state index contributed by atoms with van der Waals surface area (Å²) in [4.78, 5) is 15.0. The predicted molar refractivity (Wildman–Crippen MR) is 109 cm³/mol. The van der Waals surface area contributed by atoms with Crippen LogP contribution in [-0.2, 0) is 4.79 Å². The van der Waals surface area contributed by atoms with Crippen molar-refractivity contribution in [1.29, 1.82) is 0 Å². The van der Waals surface area contributed by atoms with Gasteiger partial charge in [0, 0.05) is 30.9 Å². The lowest BCUT2D eigenvalue weighted by atomic mass is 10.0. The van der Waals surface area contributed by atoms with E-state index in [1.165, 1.54) is 5.56 Å². The number of amides is 1. The molecule has 0 saturated carbocycles. The highest BCUT2D eigenvalue weighted by atomic mass is 16.5. The van der Waals surface area contributed by atoms with Crippen molar-refractivity contribution in [1.82, 2.24) is 10.2 Å². The van der Waals surface area contributed by atoms with Crippen LogP contribution >= 0.6 is 0 Å². The smallest absolute Gasteiger partial charge is 0.238 e. The molecule has 27 heavy (non-hydrogen) atoms. The molecule has 0 aliphatic carbocycles. The minimum Gasteiger partial charge on any atom is -0.496 e. The summed E-state index contributed by atoms with van der Waals surface area (Å²) < 4.78 is 5.54. The van der Waals surface area contributed by atoms with Gasteiger partial charge in [-0.1, -0.05) is 35.9 Å². The van der Waals surface area contributed by atoms with E-state index in [2.05, 4.69) is 40.7 Å². The first-order valence-corrected chi connectivity index (χ1v) is 9.45. The minimum atomic E-state index is 0.0202. The summed E-state index contributed by atoms with van der Waals surface area (Å²) in [6.45, 7) is 9.01. The molecule has 1 atom stereocenters. The Kier molecular flexibility index (Phi) is 6.14. The lowest BCUT2D eigenvalue weighted by Gasteiger charge is -2.36. The van der Waals surface area contributed by atoms with Crippen molar-refractivity contribution in [3.05, 3.63) is 58.7 Å². The Bertz CT molecular complexity index is 796. The fraction of sp³-hybridized carbons (Fsp3) is 0.409. The van der Waals surface area contributed by atoms with Gasteiger partial charge in [0.05, 0.1) is 19.7 Å². The summed E-state index contributed by atoms with van der Waals surface area (Å²) in [5.41, 5.74) is 5.45. The number of carbonyl (C=O) groups excluding carboxylic acids is 1. The molecule has 5 heteroatoms. The number of aryl methyl sites for hydroxylation is 3. The molecule has 1 heterocycles. The van der Waals surface area contributed by atoms with Crippen molar-refractivity contribution in [3.8, 4) is 5.75 Å². The number of hydrogen-bond acceptors (Lipinski definition) is 4. The molecule has 2 aromatic rings. The number of benzene rings is 2. The van der Waals surface area contributed by atoms with Gasteiger partial charge in [-0.2, -0.15) is 0 Å². The zero-order valence-corrected chi connectivity index (χ0v) is 16.6. The Hall–Kier alpha value is -2.37. The van der Waals surface area contributed by atoms with Crippen molar-refractivity contribution in [2.75, 3.05) is 38.6 Å². The lowest BCUT2D eigenvalue weighted by Crippen LogP contribution is -2.48.